The third kappa shape index (κ3) is 3.15. The first kappa shape index (κ1) is 18.2. The van der Waals surface area contributed by atoms with E-state index in [0.717, 1.165) is 23.3 Å². The first-order valence-corrected chi connectivity index (χ1v) is 8.73. The molecule has 1 saturated heterocycles. The highest BCUT2D eigenvalue weighted by Gasteiger charge is 2.40. The van der Waals surface area contributed by atoms with Crippen molar-refractivity contribution in [1.29, 1.82) is 0 Å². The van der Waals surface area contributed by atoms with Gasteiger partial charge in [-0.25, -0.2) is 0 Å². The number of hydrogen-bond donors (Lipinski definition) is 0. The second-order valence-corrected chi connectivity index (χ2v) is 6.63. The maximum atomic E-state index is 13.1. The molecular formula is C22H16F3NO2. The van der Waals surface area contributed by atoms with Gasteiger partial charge in [-0.3, -0.25) is 9.79 Å². The molecule has 3 nitrogen and oxygen atoms in total. The first-order chi connectivity index (χ1) is 13.4. The molecule has 0 radical (unpaired) electrons. The topological polar surface area (TPSA) is 38.7 Å². The van der Waals surface area contributed by atoms with E-state index in [-0.39, 0.29) is 23.1 Å². The van der Waals surface area contributed by atoms with E-state index in [1.165, 1.54) is 19.2 Å². The summed E-state index contributed by atoms with van der Waals surface area (Å²) in [6.45, 7) is 0. The van der Waals surface area contributed by atoms with Gasteiger partial charge in [0.2, 0.25) is 11.7 Å². The number of alkyl halides is 3. The average molecular weight is 383 g/mol. The number of aliphatic imine (C=N–C) groups is 1. The molecule has 1 heterocycles. The lowest BCUT2D eigenvalue weighted by Crippen LogP contribution is -2.15. The molecule has 2 aliphatic rings. The summed E-state index contributed by atoms with van der Waals surface area (Å²) >= 11 is 0. The van der Waals surface area contributed by atoms with Crippen molar-refractivity contribution >= 4 is 17.8 Å². The highest BCUT2D eigenvalue weighted by Crippen LogP contribution is 2.38. The fourth-order valence-electron chi connectivity index (χ4n) is 3.54. The third-order valence-electron chi connectivity index (χ3n) is 4.90. The van der Waals surface area contributed by atoms with Gasteiger partial charge in [0.25, 0.3) is 0 Å². The fraction of sp³-hybridized carbons (Fsp3) is 0.182. The number of rotatable bonds is 2. The third-order valence-corrected chi connectivity index (χ3v) is 4.90. The number of ether oxygens (including phenoxy) is 1. The highest BCUT2D eigenvalue weighted by molar-refractivity contribution is 6.19. The SMILES string of the molecule is CN=C1OC(=CC2C=Cc3ccccc32)C(=O)C1c1cccc(C(F)(F)F)c1. The zero-order chi connectivity index (χ0) is 19.9. The Bertz CT molecular complexity index is 1030. The van der Waals surface area contributed by atoms with Gasteiger partial charge in [0.1, 0.15) is 5.92 Å². The summed E-state index contributed by atoms with van der Waals surface area (Å²) in [6.07, 6.45) is 1.13. The Hall–Kier alpha value is -3.15. The zero-order valence-electron chi connectivity index (χ0n) is 14.9. The van der Waals surface area contributed by atoms with Crippen LogP contribution in [-0.4, -0.2) is 18.7 Å². The monoisotopic (exact) mass is 383 g/mol. The minimum absolute atomic E-state index is 0.103. The lowest BCUT2D eigenvalue weighted by molar-refractivity contribution is -0.137. The summed E-state index contributed by atoms with van der Waals surface area (Å²) in [5.41, 5.74) is 1.52. The first-order valence-electron chi connectivity index (χ1n) is 8.73. The standard InChI is InChI=1S/C22H16F3NO2/c1-26-21-19(15-6-4-7-16(11-15)22(23,24)25)20(27)18(28-21)12-14-10-9-13-5-2-3-8-17(13)14/h2-12,14,19H,1H3. The van der Waals surface area contributed by atoms with Crippen LogP contribution < -0.4 is 0 Å². The molecule has 2 aromatic carbocycles. The quantitative estimate of drug-likeness (QED) is 0.676. The molecule has 0 amide bonds. The van der Waals surface area contributed by atoms with Gasteiger partial charge >= 0.3 is 6.18 Å². The molecular weight excluding hydrogens is 367 g/mol. The van der Waals surface area contributed by atoms with Crippen LogP contribution in [0.4, 0.5) is 13.2 Å². The van der Waals surface area contributed by atoms with E-state index in [0.29, 0.717) is 0 Å². The van der Waals surface area contributed by atoms with Gasteiger partial charge in [-0.05, 0) is 28.8 Å². The van der Waals surface area contributed by atoms with Gasteiger partial charge in [-0.2, -0.15) is 13.2 Å². The van der Waals surface area contributed by atoms with Crippen molar-refractivity contribution < 1.29 is 22.7 Å². The Labute approximate surface area is 159 Å². The van der Waals surface area contributed by atoms with Gasteiger partial charge in [0, 0.05) is 13.0 Å². The van der Waals surface area contributed by atoms with Crippen LogP contribution in [0.3, 0.4) is 0 Å². The number of ketones is 1. The molecule has 6 heteroatoms. The smallest absolute Gasteiger partial charge is 0.416 e. The van der Waals surface area contributed by atoms with E-state index < -0.39 is 23.4 Å². The number of benzene rings is 2. The molecule has 1 aliphatic carbocycles. The summed E-state index contributed by atoms with van der Waals surface area (Å²) in [5.74, 6) is -1.29. The van der Waals surface area contributed by atoms with E-state index in [4.69, 9.17) is 4.74 Å². The van der Waals surface area contributed by atoms with Crippen LogP contribution in [0.2, 0.25) is 0 Å². The van der Waals surface area contributed by atoms with E-state index in [9.17, 15) is 18.0 Å². The van der Waals surface area contributed by atoms with Crippen molar-refractivity contribution in [3.05, 3.63) is 88.7 Å². The average Bonchev–Trinajstić information content (AvgIpc) is 3.23. The van der Waals surface area contributed by atoms with E-state index in [2.05, 4.69) is 4.99 Å². The summed E-state index contributed by atoms with van der Waals surface area (Å²) < 4.78 is 44.8. The molecule has 1 aliphatic heterocycles. The van der Waals surface area contributed by atoms with Gasteiger partial charge in [0.05, 0.1) is 5.56 Å². The number of carbonyl (C=O) groups is 1. The number of fused-ring (bicyclic) bond motifs is 1. The molecule has 2 unspecified atom stereocenters. The number of allylic oxidation sites excluding steroid dienone is 3. The normalized spacial score (nSPS) is 24.1. The van der Waals surface area contributed by atoms with Crippen LogP contribution in [0, 0.1) is 0 Å². The molecule has 4 rings (SSSR count). The molecule has 1 fully saturated rings. The summed E-state index contributed by atoms with van der Waals surface area (Å²) in [7, 11) is 1.46. The Morgan fingerprint density at radius 2 is 1.89 bits per heavy atom. The molecule has 0 aromatic heterocycles. The van der Waals surface area contributed by atoms with Gasteiger partial charge in [-0.15, -0.1) is 0 Å². The van der Waals surface area contributed by atoms with Crippen molar-refractivity contribution in [3.63, 3.8) is 0 Å². The Morgan fingerprint density at radius 3 is 2.64 bits per heavy atom. The van der Waals surface area contributed by atoms with Crippen molar-refractivity contribution in [2.45, 2.75) is 18.0 Å². The maximum Gasteiger partial charge on any atom is 0.416 e. The lowest BCUT2D eigenvalue weighted by atomic mass is 9.92. The van der Waals surface area contributed by atoms with Crippen molar-refractivity contribution in [1.82, 2.24) is 0 Å². The molecule has 142 valence electrons. The van der Waals surface area contributed by atoms with E-state index >= 15 is 0 Å². The molecule has 2 aromatic rings. The minimum atomic E-state index is -4.49. The molecule has 0 spiro atoms. The number of Topliss-reactive ketones (excluding diaryl/α,β-unsaturated/α-hetero) is 1. The van der Waals surface area contributed by atoms with Crippen LogP contribution in [0.1, 0.15) is 34.1 Å². The molecule has 0 bridgehead atoms. The molecule has 2 atom stereocenters. The minimum Gasteiger partial charge on any atom is -0.439 e. The summed E-state index contributed by atoms with van der Waals surface area (Å²) in [6, 6.07) is 12.5. The predicted octanol–water partition coefficient (Wildman–Crippen LogP) is 5.11. The summed E-state index contributed by atoms with van der Waals surface area (Å²) in [5, 5.41) is 0. The number of halogens is 3. The Morgan fingerprint density at radius 1 is 1.11 bits per heavy atom. The Balaban J connectivity index is 1.69. The predicted molar refractivity (Wildman–Crippen MR) is 99.9 cm³/mol. The van der Waals surface area contributed by atoms with Crippen LogP contribution in [0.5, 0.6) is 0 Å². The molecule has 0 saturated carbocycles. The van der Waals surface area contributed by atoms with Crippen molar-refractivity contribution in [2.24, 2.45) is 4.99 Å². The Kier molecular flexibility index (Phi) is 4.41. The summed E-state index contributed by atoms with van der Waals surface area (Å²) in [4.78, 5) is 16.9. The van der Waals surface area contributed by atoms with Crippen LogP contribution >= 0.6 is 0 Å². The van der Waals surface area contributed by atoms with Gasteiger partial charge in [0.15, 0.2) is 5.76 Å². The lowest BCUT2D eigenvalue weighted by Gasteiger charge is -2.11. The maximum absolute atomic E-state index is 13.1. The molecule has 0 N–H and O–H groups in total. The van der Waals surface area contributed by atoms with Crippen molar-refractivity contribution in [3.8, 4) is 0 Å². The second kappa shape index (κ2) is 6.78. The van der Waals surface area contributed by atoms with E-state index in [1.807, 2.05) is 36.4 Å². The van der Waals surface area contributed by atoms with Crippen LogP contribution in [0.25, 0.3) is 6.08 Å². The van der Waals surface area contributed by atoms with Crippen LogP contribution in [0.15, 0.2) is 71.4 Å². The fourth-order valence-corrected chi connectivity index (χ4v) is 3.54. The highest BCUT2D eigenvalue weighted by atomic mass is 19.4. The van der Waals surface area contributed by atoms with Gasteiger partial charge < -0.3 is 4.74 Å². The second-order valence-electron chi connectivity index (χ2n) is 6.63. The van der Waals surface area contributed by atoms with E-state index in [1.54, 1.807) is 6.08 Å². The van der Waals surface area contributed by atoms with Crippen LogP contribution in [-0.2, 0) is 15.7 Å². The molecule has 28 heavy (non-hydrogen) atoms. The number of hydrogen-bond acceptors (Lipinski definition) is 3. The number of carbonyl (C=O) groups excluding carboxylic acids is 1. The largest absolute Gasteiger partial charge is 0.439 e. The van der Waals surface area contributed by atoms with Gasteiger partial charge in [-0.1, -0.05) is 54.6 Å². The van der Waals surface area contributed by atoms with Crippen molar-refractivity contribution in [2.75, 3.05) is 7.05 Å². The zero-order valence-corrected chi connectivity index (χ0v) is 14.9. The number of nitrogens with zero attached hydrogens (tertiary/aromatic N) is 1.